The first-order chi connectivity index (χ1) is 10.3. The maximum Gasteiger partial charge on any atom is 0.170 e. The number of carbonyl (C=O) groups excluding carboxylic acids is 1. The van der Waals surface area contributed by atoms with Crippen molar-refractivity contribution in [3.8, 4) is 0 Å². The van der Waals surface area contributed by atoms with E-state index in [0.29, 0.717) is 17.9 Å². The quantitative estimate of drug-likeness (QED) is 0.671. The number of rotatable bonds is 5. The van der Waals surface area contributed by atoms with Gasteiger partial charge in [-0.15, -0.1) is 5.10 Å². The average Bonchev–Trinajstić information content (AvgIpc) is 2.96. The smallest absolute Gasteiger partial charge is 0.170 e. The van der Waals surface area contributed by atoms with Gasteiger partial charge in [0, 0.05) is 5.56 Å². The summed E-state index contributed by atoms with van der Waals surface area (Å²) in [7, 11) is 0. The Morgan fingerprint density at radius 3 is 2.33 bits per heavy atom. The number of carbonyl (C=O) groups is 1. The number of aromatic nitrogens is 4. The van der Waals surface area contributed by atoms with Crippen molar-refractivity contribution in [3.05, 3.63) is 77.6 Å². The van der Waals surface area contributed by atoms with Crippen molar-refractivity contribution in [1.82, 2.24) is 20.2 Å². The molecular weight excluding hydrogens is 264 g/mol. The van der Waals surface area contributed by atoms with Crippen molar-refractivity contribution < 1.29 is 4.79 Å². The Morgan fingerprint density at radius 1 is 0.952 bits per heavy atom. The fourth-order valence-corrected chi connectivity index (χ4v) is 2.10. The first kappa shape index (κ1) is 13.2. The molecule has 0 spiro atoms. The summed E-state index contributed by atoms with van der Waals surface area (Å²) < 4.78 is 1.66. The van der Waals surface area contributed by atoms with Crippen LogP contribution < -0.4 is 0 Å². The summed E-state index contributed by atoms with van der Waals surface area (Å²) in [5.41, 5.74) is 1.77. The minimum atomic E-state index is 0.0136. The zero-order valence-corrected chi connectivity index (χ0v) is 11.4. The van der Waals surface area contributed by atoms with Gasteiger partial charge in [0.25, 0.3) is 0 Å². The fourth-order valence-electron chi connectivity index (χ4n) is 2.10. The van der Waals surface area contributed by atoms with Crippen LogP contribution in [0.25, 0.3) is 0 Å². The Bertz CT molecular complexity index is 722. The van der Waals surface area contributed by atoms with Crippen molar-refractivity contribution in [1.29, 1.82) is 0 Å². The summed E-state index contributed by atoms with van der Waals surface area (Å²) in [6.45, 7) is 0.561. The van der Waals surface area contributed by atoms with Gasteiger partial charge < -0.3 is 0 Å². The molecule has 2 aromatic carbocycles. The third-order valence-corrected chi connectivity index (χ3v) is 3.20. The average molecular weight is 278 g/mol. The third-order valence-electron chi connectivity index (χ3n) is 3.20. The normalized spacial score (nSPS) is 10.5. The van der Waals surface area contributed by atoms with E-state index in [4.69, 9.17) is 0 Å². The summed E-state index contributed by atoms with van der Waals surface area (Å²) in [6, 6.07) is 19.1. The van der Waals surface area contributed by atoms with Crippen LogP contribution in [-0.2, 0) is 13.0 Å². The van der Waals surface area contributed by atoms with Crippen molar-refractivity contribution in [2.45, 2.75) is 13.0 Å². The minimum Gasteiger partial charge on any atom is -0.294 e. The number of hydrogen-bond acceptors (Lipinski definition) is 4. The van der Waals surface area contributed by atoms with Gasteiger partial charge in [-0.05, 0) is 16.0 Å². The molecule has 104 valence electrons. The second kappa shape index (κ2) is 6.09. The zero-order valence-electron chi connectivity index (χ0n) is 11.4. The molecule has 21 heavy (non-hydrogen) atoms. The topological polar surface area (TPSA) is 60.7 Å². The largest absolute Gasteiger partial charge is 0.294 e. The first-order valence-corrected chi connectivity index (χ1v) is 6.70. The molecule has 0 atom stereocenters. The van der Waals surface area contributed by atoms with Crippen LogP contribution in [0.3, 0.4) is 0 Å². The van der Waals surface area contributed by atoms with E-state index in [1.807, 2.05) is 48.5 Å². The Balaban J connectivity index is 1.75. The number of ketones is 1. The molecular formula is C16H14N4O. The lowest BCUT2D eigenvalue weighted by Crippen LogP contribution is -2.12. The van der Waals surface area contributed by atoms with E-state index >= 15 is 0 Å². The Kier molecular flexibility index (Phi) is 3.82. The highest BCUT2D eigenvalue weighted by Gasteiger charge is 2.13. The number of hydrogen-bond donors (Lipinski definition) is 0. The van der Waals surface area contributed by atoms with E-state index in [2.05, 4.69) is 15.5 Å². The summed E-state index contributed by atoms with van der Waals surface area (Å²) in [4.78, 5) is 12.2. The van der Waals surface area contributed by atoms with Gasteiger partial charge in [0.15, 0.2) is 11.6 Å². The van der Waals surface area contributed by atoms with E-state index in [9.17, 15) is 4.79 Å². The molecule has 0 amide bonds. The van der Waals surface area contributed by atoms with E-state index in [1.54, 1.807) is 16.8 Å². The van der Waals surface area contributed by atoms with Crippen LogP contribution in [0.2, 0.25) is 0 Å². The molecule has 3 aromatic rings. The van der Waals surface area contributed by atoms with Crippen LogP contribution in [0.15, 0.2) is 60.7 Å². The second-order valence-corrected chi connectivity index (χ2v) is 4.70. The van der Waals surface area contributed by atoms with Gasteiger partial charge in [0.2, 0.25) is 0 Å². The molecule has 1 heterocycles. The van der Waals surface area contributed by atoms with Crippen LogP contribution in [0.1, 0.15) is 21.7 Å². The van der Waals surface area contributed by atoms with Crippen molar-refractivity contribution in [2.24, 2.45) is 0 Å². The molecule has 0 unspecified atom stereocenters. The zero-order chi connectivity index (χ0) is 14.5. The highest BCUT2D eigenvalue weighted by molar-refractivity contribution is 5.97. The highest BCUT2D eigenvalue weighted by atomic mass is 16.1. The first-order valence-electron chi connectivity index (χ1n) is 6.70. The highest BCUT2D eigenvalue weighted by Crippen LogP contribution is 2.07. The van der Waals surface area contributed by atoms with Crippen LogP contribution in [-0.4, -0.2) is 26.0 Å². The fraction of sp³-hybridized carbons (Fsp3) is 0.125. The third kappa shape index (κ3) is 3.20. The Morgan fingerprint density at radius 2 is 1.62 bits per heavy atom. The maximum absolute atomic E-state index is 12.2. The standard InChI is InChI=1S/C16H14N4O/c21-15(14-9-5-2-6-10-14)11-16-17-18-19-20(16)12-13-7-3-1-4-8-13/h1-10H,11-12H2. The van der Waals surface area contributed by atoms with Crippen LogP contribution in [0.5, 0.6) is 0 Å². The van der Waals surface area contributed by atoms with Gasteiger partial charge in [-0.2, -0.15) is 0 Å². The molecule has 0 aliphatic heterocycles. The van der Waals surface area contributed by atoms with Gasteiger partial charge in [0.1, 0.15) is 0 Å². The van der Waals surface area contributed by atoms with Gasteiger partial charge in [-0.1, -0.05) is 60.7 Å². The van der Waals surface area contributed by atoms with Crippen molar-refractivity contribution in [2.75, 3.05) is 0 Å². The van der Waals surface area contributed by atoms with E-state index < -0.39 is 0 Å². The number of benzene rings is 2. The maximum atomic E-state index is 12.2. The van der Waals surface area contributed by atoms with Gasteiger partial charge in [-0.25, -0.2) is 4.68 Å². The van der Waals surface area contributed by atoms with Crippen molar-refractivity contribution in [3.63, 3.8) is 0 Å². The molecule has 0 bridgehead atoms. The number of nitrogens with zero attached hydrogens (tertiary/aromatic N) is 4. The molecule has 5 nitrogen and oxygen atoms in total. The molecule has 0 saturated carbocycles. The molecule has 0 aliphatic carbocycles. The molecule has 0 N–H and O–H groups in total. The molecule has 3 rings (SSSR count). The van der Waals surface area contributed by atoms with E-state index in [1.165, 1.54) is 0 Å². The molecule has 0 saturated heterocycles. The SMILES string of the molecule is O=C(Cc1nnnn1Cc1ccccc1)c1ccccc1. The summed E-state index contributed by atoms with van der Waals surface area (Å²) in [6.07, 6.45) is 0.198. The van der Waals surface area contributed by atoms with Gasteiger partial charge in [-0.3, -0.25) is 4.79 Å². The van der Waals surface area contributed by atoms with Crippen LogP contribution >= 0.6 is 0 Å². The lowest BCUT2D eigenvalue weighted by molar-refractivity contribution is 0.0989. The Labute approximate surface area is 122 Å². The molecule has 0 radical (unpaired) electrons. The molecule has 0 aliphatic rings. The second-order valence-electron chi connectivity index (χ2n) is 4.70. The molecule has 1 aromatic heterocycles. The summed E-state index contributed by atoms with van der Waals surface area (Å²) >= 11 is 0. The predicted octanol–water partition coefficient (Wildman–Crippen LogP) is 2.15. The number of tetrazole rings is 1. The summed E-state index contributed by atoms with van der Waals surface area (Å²) in [5.74, 6) is 0.590. The van der Waals surface area contributed by atoms with Gasteiger partial charge in [0.05, 0.1) is 13.0 Å². The van der Waals surface area contributed by atoms with Crippen molar-refractivity contribution >= 4 is 5.78 Å². The predicted molar refractivity (Wildman–Crippen MR) is 77.8 cm³/mol. The summed E-state index contributed by atoms with van der Waals surface area (Å²) in [5, 5.41) is 11.6. The van der Waals surface area contributed by atoms with E-state index in [0.717, 1.165) is 5.56 Å². The van der Waals surface area contributed by atoms with Crippen LogP contribution in [0.4, 0.5) is 0 Å². The van der Waals surface area contributed by atoms with Gasteiger partial charge >= 0.3 is 0 Å². The lowest BCUT2D eigenvalue weighted by Gasteiger charge is -2.04. The minimum absolute atomic E-state index is 0.0136. The van der Waals surface area contributed by atoms with E-state index in [-0.39, 0.29) is 12.2 Å². The van der Waals surface area contributed by atoms with Crippen LogP contribution in [0, 0.1) is 0 Å². The number of Topliss-reactive ketones (excluding diaryl/α,β-unsaturated/α-hetero) is 1. The lowest BCUT2D eigenvalue weighted by atomic mass is 10.1. The molecule has 5 heteroatoms. The molecule has 0 fully saturated rings. The monoisotopic (exact) mass is 278 g/mol. The Hall–Kier alpha value is -2.82.